The van der Waals surface area contributed by atoms with Crippen LogP contribution in [0.15, 0.2) is 66.7 Å². The fourth-order valence-electron chi connectivity index (χ4n) is 3.26. The molecule has 0 bridgehead atoms. The molecule has 3 aromatic carbocycles. The monoisotopic (exact) mass is 489 g/mol. The van der Waals surface area contributed by atoms with Crippen LogP contribution in [-0.2, 0) is 4.79 Å². The molecule has 8 nitrogen and oxygen atoms in total. The predicted molar refractivity (Wildman–Crippen MR) is 137 cm³/mol. The minimum Gasteiger partial charge on any atom is -0.342 e. The molecule has 0 aliphatic heterocycles. The number of hydrogen-bond acceptors (Lipinski definition) is 7. The number of nitrogens with zero attached hydrogens (tertiary/aromatic N) is 3. The fraction of sp³-hybridized carbons (Fsp3) is 0.154. The Morgan fingerprint density at radius 2 is 1.25 bits per heavy atom. The van der Waals surface area contributed by atoms with Gasteiger partial charge in [-0.1, -0.05) is 12.1 Å². The number of aromatic nitrogens is 3. The molecule has 10 heteroatoms. The zero-order chi connectivity index (χ0) is 25.7. The zero-order valence-corrected chi connectivity index (χ0v) is 19.9. The fourth-order valence-corrected chi connectivity index (χ4v) is 3.26. The Balaban J connectivity index is 1.56. The molecule has 0 saturated heterocycles. The highest BCUT2D eigenvalue weighted by Crippen LogP contribution is 2.21. The summed E-state index contributed by atoms with van der Waals surface area (Å²) in [4.78, 5) is 25.9. The summed E-state index contributed by atoms with van der Waals surface area (Å²) in [5, 5.41) is 11.9. The van der Waals surface area contributed by atoms with E-state index in [0.29, 0.717) is 11.4 Å². The van der Waals surface area contributed by atoms with Crippen molar-refractivity contribution in [1.82, 2.24) is 15.0 Å². The van der Waals surface area contributed by atoms with Gasteiger partial charge in [0.05, 0.1) is 0 Å². The molecule has 36 heavy (non-hydrogen) atoms. The van der Waals surface area contributed by atoms with Crippen molar-refractivity contribution in [3.63, 3.8) is 0 Å². The molecule has 0 aliphatic carbocycles. The van der Waals surface area contributed by atoms with Crippen LogP contribution in [0.4, 0.5) is 43.7 Å². The van der Waals surface area contributed by atoms with Gasteiger partial charge >= 0.3 is 0 Å². The number of halogens is 2. The van der Waals surface area contributed by atoms with Crippen LogP contribution in [0.3, 0.4) is 0 Å². The number of nitrogens with one attached hydrogen (secondary N) is 4. The number of rotatable bonds is 8. The maximum atomic E-state index is 13.3. The van der Waals surface area contributed by atoms with E-state index in [1.807, 2.05) is 32.0 Å². The third-order valence-corrected chi connectivity index (χ3v) is 5.44. The van der Waals surface area contributed by atoms with E-state index in [1.165, 1.54) is 24.3 Å². The van der Waals surface area contributed by atoms with Gasteiger partial charge in [0.15, 0.2) is 0 Å². The van der Waals surface area contributed by atoms with E-state index in [1.54, 1.807) is 31.2 Å². The van der Waals surface area contributed by atoms with E-state index in [4.69, 9.17) is 0 Å². The smallest absolute Gasteiger partial charge is 0.246 e. The Morgan fingerprint density at radius 1 is 0.750 bits per heavy atom. The highest BCUT2D eigenvalue weighted by atomic mass is 19.1. The van der Waals surface area contributed by atoms with Crippen LogP contribution in [0.5, 0.6) is 0 Å². The Bertz CT molecular complexity index is 1300. The maximum absolute atomic E-state index is 13.3. The van der Waals surface area contributed by atoms with Crippen LogP contribution >= 0.6 is 0 Å². The predicted octanol–water partition coefficient (Wildman–Crippen LogP) is 5.69. The summed E-state index contributed by atoms with van der Waals surface area (Å²) in [5.41, 5.74) is 3.89. The van der Waals surface area contributed by atoms with Crippen LogP contribution in [0.1, 0.15) is 18.1 Å². The van der Waals surface area contributed by atoms with E-state index in [-0.39, 0.29) is 35.4 Å². The van der Waals surface area contributed by atoms with Gasteiger partial charge in [0, 0.05) is 17.1 Å². The molecule has 0 fully saturated rings. The molecule has 1 amide bonds. The van der Waals surface area contributed by atoms with Crippen molar-refractivity contribution in [2.45, 2.75) is 26.8 Å². The molecule has 0 aliphatic rings. The van der Waals surface area contributed by atoms with Gasteiger partial charge in [-0.25, -0.2) is 8.78 Å². The van der Waals surface area contributed by atoms with Crippen LogP contribution in [0.2, 0.25) is 0 Å². The molecule has 0 spiro atoms. The summed E-state index contributed by atoms with van der Waals surface area (Å²) in [7, 11) is 0. The van der Waals surface area contributed by atoms with Crippen molar-refractivity contribution in [2.24, 2.45) is 0 Å². The van der Waals surface area contributed by atoms with E-state index in [2.05, 4.69) is 36.2 Å². The number of hydrogen-bond donors (Lipinski definition) is 4. The second kappa shape index (κ2) is 10.8. The van der Waals surface area contributed by atoms with Gasteiger partial charge in [-0.05, 0) is 86.5 Å². The van der Waals surface area contributed by atoms with Gasteiger partial charge < -0.3 is 21.3 Å². The Hall–Kier alpha value is -4.60. The number of carbonyl (C=O) groups is 1. The summed E-state index contributed by atoms with van der Waals surface area (Å²) in [6, 6.07) is 16.4. The van der Waals surface area contributed by atoms with Gasteiger partial charge in [0.2, 0.25) is 23.8 Å². The first-order valence-electron chi connectivity index (χ1n) is 11.2. The maximum Gasteiger partial charge on any atom is 0.246 e. The lowest BCUT2D eigenvalue weighted by Crippen LogP contribution is -2.33. The van der Waals surface area contributed by atoms with Crippen molar-refractivity contribution < 1.29 is 13.6 Å². The third-order valence-electron chi connectivity index (χ3n) is 5.44. The number of anilines is 6. The van der Waals surface area contributed by atoms with E-state index in [9.17, 15) is 13.6 Å². The second-order valence-electron chi connectivity index (χ2n) is 8.17. The summed E-state index contributed by atoms with van der Waals surface area (Å²) in [5.74, 6) is -0.577. The third kappa shape index (κ3) is 6.29. The molecule has 0 unspecified atom stereocenters. The van der Waals surface area contributed by atoms with Crippen LogP contribution in [0, 0.1) is 25.5 Å². The SMILES string of the molecule is Cc1cccc(NC(=O)[C@@H](C)Nc2nc(Nc3ccc(F)cc3)nc(Nc3ccc(F)cc3)n2)c1C. The topological polar surface area (TPSA) is 104 Å². The Labute approximate surface area is 207 Å². The van der Waals surface area contributed by atoms with Crippen molar-refractivity contribution >= 4 is 40.8 Å². The molecular weight excluding hydrogens is 464 g/mol. The van der Waals surface area contributed by atoms with Crippen molar-refractivity contribution in [3.05, 3.63) is 89.5 Å². The van der Waals surface area contributed by atoms with E-state index < -0.39 is 6.04 Å². The Kier molecular flexibility index (Phi) is 7.33. The molecule has 1 atom stereocenters. The molecule has 4 aromatic rings. The zero-order valence-electron chi connectivity index (χ0n) is 19.9. The first kappa shape index (κ1) is 24.5. The van der Waals surface area contributed by atoms with Crippen molar-refractivity contribution in [2.75, 3.05) is 21.3 Å². The quantitative estimate of drug-likeness (QED) is 0.252. The lowest BCUT2D eigenvalue weighted by molar-refractivity contribution is -0.116. The number of aryl methyl sites for hydroxylation is 1. The normalized spacial score (nSPS) is 11.5. The van der Waals surface area contributed by atoms with Gasteiger partial charge in [-0.2, -0.15) is 15.0 Å². The van der Waals surface area contributed by atoms with Gasteiger partial charge in [0.1, 0.15) is 17.7 Å². The molecule has 4 rings (SSSR count). The minimum atomic E-state index is -0.690. The molecular formula is C26H25F2N7O. The van der Waals surface area contributed by atoms with E-state index in [0.717, 1.165) is 16.8 Å². The minimum absolute atomic E-state index is 0.128. The largest absolute Gasteiger partial charge is 0.342 e. The average molecular weight is 490 g/mol. The summed E-state index contributed by atoms with van der Waals surface area (Å²) >= 11 is 0. The van der Waals surface area contributed by atoms with Crippen LogP contribution < -0.4 is 21.3 Å². The molecule has 0 radical (unpaired) electrons. The number of carbonyl (C=O) groups excluding carboxylic acids is 1. The summed E-state index contributed by atoms with van der Waals surface area (Å²) in [6.45, 7) is 5.60. The van der Waals surface area contributed by atoms with Crippen LogP contribution in [-0.4, -0.2) is 26.9 Å². The molecule has 0 saturated carbocycles. The lowest BCUT2D eigenvalue weighted by Gasteiger charge is -2.17. The molecule has 1 aromatic heterocycles. The molecule has 1 heterocycles. The number of benzene rings is 3. The second-order valence-corrected chi connectivity index (χ2v) is 8.17. The molecule has 184 valence electrons. The number of amides is 1. The highest BCUT2D eigenvalue weighted by Gasteiger charge is 2.17. The highest BCUT2D eigenvalue weighted by molar-refractivity contribution is 5.96. The standard InChI is InChI=1S/C26H25F2N7O/c1-15-5-4-6-22(16(15)2)32-23(36)17(3)29-24-33-25(30-20-11-7-18(27)8-12-20)35-26(34-24)31-21-13-9-19(28)10-14-21/h4-14,17H,1-3H3,(H,32,36)(H3,29,30,31,33,34,35)/t17-/m1/s1. The van der Waals surface area contributed by atoms with Gasteiger partial charge in [-0.3, -0.25) is 4.79 Å². The summed E-state index contributed by atoms with van der Waals surface area (Å²) < 4.78 is 26.6. The van der Waals surface area contributed by atoms with Crippen molar-refractivity contribution in [1.29, 1.82) is 0 Å². The van der Waals surface area contributed by atoms with Gasteiger partial charge in [-0.15, -0.1) is 0 Å². The lowest BCUT2D eigenvalue weighted by atomic mass is 10.1. The average Bonchev–Trinajstić information content (AvgIpc) is 2.85. The van der Waals surface area contributed by atoms with E-state index >= 15 is 0 Å². The first-order valence-corrected chi connectivity index (χ1v) is 11.2. The Morgan fingerprint density at radius 3 is 1.78 bits per heavy atom. The van der Waals surface area contributed by atoms with Gasteiger partial charge in [0.25, 0.3) is 0 Å². The summed E-state index contributed by atoms with van der Waals surface area (Å²) in [6.07, 6.45) is 0. The molecule has 4 N–H and O–H groups in total. The first-order chi connectivity index (χ1) is 17.3. The van der Waals surface area contributed by atoms with Crippen molar-refractivity contribution in [3.8, 4) is 0 Å². The van der Waals surface area contributed by atoms with Crippen LogP contribution in [0.25, 0.3) is 0 Å².